The van der Waals surface area contributed by atoms with Gasteiger partial charge in [0.2, 0.25) is 5.91 Å². The van der Waals surface area contributed by atoms with Gasteiger partial charge >= 0.3 is 0 Å². The molecule has 1 aliphatic rings. The zero-order valence-electron chi connectivity index (χ0n) is 15.6. The highest BCUT2D eigenvalue weighted by atomic mass is 35.5. The molecule has 2 atom stereocenters. The number of halogens is 7. The third-order valence-corrected chi connectivity index (χ3v) is 6.27. The molecule has 1 saturated carbocycles. The van der Waals surface area contributed by atoms with E-state index >= 15 is 0 Å². The Hall–Kier alpha value is -1.67. The Morgan fingerprint density at radius 3 is 2.42 bits per heavy atom. The third-order valence-electron chi connectivity index (χ3n) is 4.78. The van der Waals surface area contributed by atoms with Crippen molar-refractivity contribution < 1.29 is 22.8 Å². The molecular formula is C20H15Cl4F3N2O2. The van der Waals surface area contributed by atoms with Gasteiger partial charge < -0.3 is 10.6 Å². The van der Waals surface area contributed by atoms with E-state index in [0.717, 1.165) is 18.2 Å². The zero-order valence-corrected chi connectivity index (χ0v) is 18.6. The van der Waals surface area contributed by atoms with Crippen molar-refractivity contribution in [2.24, 2.45) is 5.92 Å². The van der Waals surface area contributed by atoms with Crippen LogP contribution in [0.5, 0.6) is 0 Å². The van der Waals surface area contributed by atoms with Crippen molar-refractivity contribution in [3.05, 3.63) is 63.9 Å². The molecule has 11 heteroatoms. The molecule has 166 valence electrons. The number of nitrogens with one attached hydrogen (secondary N) is 2. The molecule has 1 fully saturated rings. The molecule has 0 radical (unpaired) electrons. The molecule has 3 rings (SSSR count). The van der Waals surface area contributed by atoms with Crippen LogP contribution in [0.15, 0.2) is 30.3 Å². The van der Waals surface area contributed by atoms with Gasteiger partial charge in [-0.25, -0.2) is 13.2 Å². The highest BCUT2D eigenvalue weighted by Crippen LogP contribution is 2.65. The molecule has 2 N–H and O–H groups in total. The lowest BCUT2D eigenvalue weighted by Gasteiger charge is -2.10. The minimum atomic E-state index is -1.51. The summed E-state index contributed by atoms with van der Waals surface area (Å²) in [5.74, 6) is -6.23. The molecule has 0 aromatic heterocycles. The van der Waals surface area contributed by atoms with Gasteiger partial charge in [0.05, 0.1) is 16.5 Å². The second kappa shape index (κ2) is 9.45. The van der Waals surface area contributed by atoms with Crippen LogP contribution in [0, 0.1) is 23.4 Å². The fourth-order valence-electron chi connectivity index (χ4n) is 3.18. The lowest BCUT2D eigenvalue weighted by molar-refractivity contribution is -0.117. The monoisotopic (exact) mass is 512 g/mol. The van der Waals surface area contributed by atoms with Crippen LogP contribution in [-0.2, 0) is 4.79 Å². The number of carbonyl (C=O) groups is 2. The number of hydrogen-bond donors (Lipinski definition) is 2. The van der Waals surface area contributed by atoms with Crippen LogP contribution in [0.1, 0.15) is 28.3 Å². The van der Waals surface area contributed by atoms with Crippen LogP contribution in [0.2, 0.25) is 5.02 Å². The molecule has 2 amide bonds. The van der Waals surface area contributed by atoms with Crippen LogP contribution in [0.3, 0.4) is 0 Å². The molecule has 2 aromatic rings. The summed E-state index contributed by atoms with van der Waals surface area (Å²) in [6.07, 6.45) is 0.442. The summed E-state index contributed by atoms with van der Waals surface area (Å²) in [4.78, 5) is 24.8. The van der Waals surface area contributed by atoms with Crippen molar-refractivity contribution in [1.29, 1.82) is 0 Å². The van der Waals surface area contributed by atoms with Crippen LogP contribution in [-0.4, -0.2) is 28.6 Å². The van der Waals surface area contributed by atoms with Gasteiger partial charge in [-0.05, 0) is 30.2 Å². The molecule has 0 bridgehead atoms. The van der Waals surface area contributed by atoms with Gasteiger partial charge in [-0.2, -0.15) is 0 Å². The largest absolute Gasteiger partial charge is 0.352 e. The summed E-state index contributed by atoms with van der Waals surface area (Å²) in [5.41, 5.74) is -0.287. The second-order valence-electron chi connectivity index (χ2n) is 6.91. The maximum atomic E-state index is 14.1. The van der Waals surface area contributed by atoms with E-state index in [2.05, 4.69) is 10.6 Å². The van der Waals surface area contributed by atoms with E-state index in [4.69, 9.17) is 46.4 Å². The maximum Gasteiger partial charge on any atom is 0.254 e. The van der Waals surface area contributed by atoms with E-state index in [9.17, 15) is 22.8 Å². The lowest BCUT2D eigenvalue weighted by Crippen LogP contribution is -2.26. The summed E-state index contributed by atoms with van der Waals surface area (Å²) >= 11 is 23.8. The van der Waals surface area contributed by atoms with Gasteiger partial charge in [-0.1, -0.05) is 17.7 Å². The second-order valence-corrected chi connectivity index (χ2v) is 9.14. The van der Waals surface area contributed by atoms with Crippen molar-refractivity contribution in [2.45, 2.75) is 16.7 Å². The van der Waals surface area contributed by atoms with E-state index in [0.29, 0.717) is 12.0 Å². The third kappa shape index (κ3) is 5.06. The number of rotatable bonds is 7. The molecule has 2 unspecified atom stereocenters. The molecule has 0 aliphatic heterocycles. The van der Waals surface area contributed by atoms with Gasteiger partial charge in [0.15, 0.2) is 11.6 Å². The van der Waals surface area contributed by atoms with Crippen molar-refractivity contribution >= 4 is 63.9 Å². The Bertz CT molecular complexity index is 1040. The summed E-state index contributed by atoms with van der Waals surface area (Å²) in [6, 6.07) is 5.58. The maximum absolute atomic E-state index is 14.1. The van der Waals surface area contributed by atoms with Gasteiger partial charge in [0.25, 0.3) is 5.91 Å². The van der Waals surface area contributed by atoms with E-state index in [1.807, 2.05) is 0 Å². The lowest BCUT2D eigenvalue weighted by atomic mass is 10.1. The van der Waals surface area contributed by atoms with Crippen LogP contribution >= 0.6 is 46.4 Å². The first kappa shape index (κ1) is 24.0. The first-order valence-corrected chi connectivity index (χ1v) is 10.7. The van der Waals surface area contributed by atoms with Gasteiger partial charge in [0, 0.05) is 30.1 Å². The molecule has 1 aliphatic carbocycles. The summed E-state index contributed by atoms with van der Waals surface area (Å²) in [6.45, 7) is 0.172. The number of alkyl halides is 3. The first-order valence-electron chi connectivity index (χ1n) is 9.04. The highest BCUT2D eigenvalue weighted by Gasteiger charge is 2.67. The normalized spacial score (nSPS) is 19.1. The summed E-state index contributed by atoms with van der Waals surface area (Å²) < 4.78 is 40.0. The molecular weight excluding hydrogens is 499 g/mol. The number of amides is 2. The SMILES string of the molecule is O=C(NCCCCl)c1cc(NC(=O)C2C(c3ccc(F)c(Cl)c3)C2(Cl)Cl)cc(F)c1F. The van der Waals surface area contributed by atoms with Crippen molar-refractivity contribution in [2.75, 3.05) is 17.7 Å². The van der Waals surface area contributed by atoms with Gasteiger partial charge in [-0.15, -0.1) is 34.8 Å². The fraction of sp³-hybridized carbons (Fsp3) is 0.300. The van der Waals surface area contributed by atoms with Crippen molar-refractivity contribution in [3.8, 4) is 0 Å². The quantitative estimate of drug-likeness (QED) is 0.371. The first-order chi connectivity index (χ1) is 14.6. The molecule has 0 saturated heterocycles. The minimum Gasteiger partial charge on any atom is -0.352 e. The Morgan fingerprint density at radius 1 is 1.06 bits per heavy atom. The van der Waals surface area contributed by atoms with E-state index < -0.39 is 51.0 Å². The molecule has 4 nitrogen and oxygen atoms in total. The summed E-state index contributed by atoms with van der Waals surface area (Å²) in [7, 11) is 0. The Kier molecular flexibility index (Phi) is 7.31. The zero-order chi connectivity index (χ0) is 22.9. The Labute approximate surface area is 196 Å². The average Bonchev–Trinajstić information content (AvgIpc) is 3.28. The smallest absolute Gasteiger partial charge is 0.254 e. The molecule has 2 aromatic carbocycles. The van der Waals surface area contributed by atoms with Crippen molar-refractivity contribution in [1.82, 2.24) is 5.32 Å². The summed E-state index contributed by atoms with van der Waals surface area (Å²) in [5, 5.41) is 4.65. The molecule has 0 spiro atoms. The van der Waals surface area contributed by atoms with E-state index in [-0.39, 0.29) is 23.1 Å². The van der Waals surface area contributed by atoms with Crippen LogP contribution in [0.25, 0.3) is 0 Å². The number of anilines is 1. The van der Waals surface area contributed by atoms with Crippen LogP contribution in [0.4, 0.5) is 18.9 Å². The molecule has 31 heavy (non-hydrogen) atoms. The Balaban J connectivity index is 1.78. The van der Waals surface area contributed by atoms with E-state index in [1.165, 1.54) is 12.1 Å². The topological polar surface area (TPSA) is 58.2 Å². The van der Waals surface area contributed by atoms with Crippen LogP contribution < -0.4 is 10.6 Å². The van der Waals surface area contributed by atoms with E-state index in [1.54, 1.807) is 0 Å². The number of carbonyl (C=O) groups excluding carboxylic acids is 2. The number of benzene rings is 2. The predicted octanol–water partition coefficient (Wildman–Crippen LogP) is 5.64. The van der Waals surface area contributed by atoms with Gasteiger partial charge in [-0.3, -0.25) is 9.59 Å². The number of hydrogen-bond acceptors (Lipinski definition) is 2. The highest BCUT2D eigenvalue weighted by molar-refractivity contribution is 6.53. The molecule has 0 heterocycles. The van der Waals surface area contributed by atoms with Crippen molar-refractivity contribution in [3.63, 3.8) is 0 Å². The predicted molar refractivity (Wildman–Crippen MR) is 115 cm³/mol. The fourth-order valence-corrected chi connectivity index (χ4v) is 4.33. The minimum absolute atomic E-state index is 0.154. The standard InChI is InChI=1S/C20H15Cl4F3N2O2/c21-4-1-5-28-18(30)11-7-10(8-14(26)17(11)27)29-19(31)16-15(20(16,23)24)9-2-3-13(25)12(22)6-9/h2-3,6-8,15-16H,1,4-5H2,(H,28,30)(H,29,31). The van der Waals surface area contributed by atoms with Gasteiger partial charge in [0.1, 0.15) is 10.2 Å². The Morgan fingerprint density at radius 2 is 1.77 bits per heavy atom. The average molecular weight is 514 g/mol.